The SMILES string of the molecule is Cc1ccc2c(c1)nc(C(C)Cl)n2-c1cccc(Cl)c1C. The quantitative estimate of drug-likeness (QED) is 0.563. The first kappa shape index (κ1) is 14.4. The summed E-state index contributed by atoms with van der Waals surface area (Å²) >= 11 is 12.6. The molecule has 0 N–H and O–H groups in total. The number of imidazole rings is 1. The van der Waals surface area contributed by atoms with Gasteiger partial charge in [0.1, 0.15) is 5.82 Å². The number of halogens is 2. The zero-order chi connectivity index (χ0) is 15.1. The van der Waals surface area contributed by atoms with Gasteiger partial charge in [0.15, 0.2) is 0 Å². The molecule has 108 valence electrons. The minimum Gasteiger partial charge on any atom is -0.295 e. The number of aryl methyl sites for hydroxylation is 1. The van der Waals surface area contributed by atoms with E-state index < -0.39 is 0 Å². The van der Waals surface area contributed by atoms with E-state index in [-0.39, 0.29) is 5.38 Å². The van der Waals surface area contributed by atoms with Gasteiger partial charge in [-0.3, -0.25) is 4.57 Å². The topological polar surface area (TPSA) is 17.8 Å². The first-order valence-electron chi connectivity index (χ1n) is 6.87. The van der Waals surface area contributed by atoms with Gasteiger partial charge in [0.2, 0.25) is 0 Å². The van der Waals surface area contributed by atoms with Crippen LogP contribution in [0.15, 0.2) is 36.4 Å². The summed E-state index contributed by atoms with van der Waals surface area (Å²) in [4.78, 5) is 4.71. The van der Waals surface area contributed by atoms with Gasteiger partial charge in [0, 0.05) is 5.02 Å². The van der Waals surface area contributed by atoms with Crippen LogP contribution in [0.3, 0.4) is 0 Å². The van der Waals surface area contributed by atoms with Gasteiger partial charge in [0.05, 0.1) is 22.1 Å². The van der Waals surface area contributed by atoms with Crippen LogP contribution in [0.5, 0.6) is 0 Å². The largest absolute Gasteiger partial charge is 0.295 e. The van der Waals surface area contributed by atoms with Crippen molar-refractivity contribution in [3.63, 3.8) is 0 Å². The van der Waals surface area contributed by atoms with Crippen LogP contribution in [-0.2, 0) is 0 Å². The summed E-state index contributed by atoms with van der Waals surface area (Å²) in [5, 5.41) is 0.561. The summed E-state index contributed by atoms with van der Waals surface area (Å²) in [6.07, 6.45) is 0. The van der Waals surface area contributed by atoms with Crippen molar-refractivity contribution in [3.05, 3.63) is 58.4 Å². The zero-order valence-corrected chi connectivity index (χ0v) is 13.7. The molecule has 1 heterocycles. The van der Waals surface area contributed by atoms with E-state index in [4.69, 9.17) is 28.2 Å². The van der Waals surface area contributed by atoms with Crippen LogP contribution in [0.1, 0.15) is 29.3 Å². The Kier molecular flexibility index (Phi) is 3.68. The Labute approximate surface area is 134 Å². The van der Waals surface area contributed by atoms with Crippen LogP contribution in [-0.4, -0.2) is 9.55 Å². The van der Waals surface area contributed by atoms with E-state index >= 15 is 0 Å². The average molecular weight is 319 g/mol. The maximum absolute atomic E-state index is 6.35. The lowest BCUT2D eigenvalue weighted by Gasteiger charge is -2.14. The number of aromatic nitrogens is 2. The molecule has 2 nitrogen and oxygen atoms in total. The Morgan fingerprint density at radius 2 is 1.90 bits per heavy atom. The normalized spacial score (nSPS) is 12.8. The van der Waals surface area contributed by atoms with E-state index in [0.717, 1.165) is 33.1 Å². The average Bonchev–Trinajstić information content (AvgIpc) is 2.80. The van der Waals surface area contributed by atoms with Crippen molar-refractivity contribution >= 4 is 34.2 Å². The van der Waals surface area contributed by atoms with Gasteiger partial charge in [-0.05, 0) is 56.2 Å². The third-order valence-corrected chi connectivity index (χ3v) is 4.28. The Morgan fingerprint density at radius 3 is 2.62 bits per heavy atom. The van der Waals surface area contributed by atoms with Crippen LogP contribution < -0.4 is 0 Å². The van der Waals surface area contributed by atoms with Crippen LogP contribution in [0, 0.1) is 13.8 Å². The molecule has 0 saturated carbocycles. The van der Waals surface area contributed by atoms with Crippen molar-refractivity contribution in [2.24, 2.45) is 0 Å². The van der Waals surface area contributed by atoms with Crippen molar-refractivity contribution in [2.75, 3.05) is 0 Å². The van der Waals surface area contributed by atoms with E-state index in [1.165, 1.54) is 5.56 Å². The Bertz CT molecular complexity index is 819. The first-order valence-corrected chi connectivity index (χ1v) is 7.69. The smallest absolute Gasteiger partial charge is 0.132 e. The highest BCUT2D eigenvalue weighted by molar-refractivity contribution is 6.31. The fraction of sp³-hybridized carbons (Fsp3) is 0.235. The zero-order valence-electron chi connectivity index (χ0n) is 12.2. The summed E-state index contributed by atoms with van der Waals surface area (Å²) in [5.41, 5.74) is 5.24. The molecule has 0 bridgehead atoms. The molecule has 0 spiro atoms. The third-order valence-electron chi connectivity index (χ3n) is 3.67. The predicted octanol–water partition coefficient (Wildman–Crippen LogP) is 5.60. The van der Waals surface area contributed by atoms with E-state index in [9.17, 15) is 0 Å². The molecule has 0 aliphatic heterocycles. The molecule has 0 aliphatic rings. The summed E-state index contributed by atoms with van der Waals surface area (Å²) in [5.74, 6) is 0.836. The van der Waals surface area contributed by atoms with Gasteiger partial charge in [-0.1, -0.05) is 23.7 Å². The molecule has 4 heteroatoms. The van der Waals surface area contributed by atoms with E-state index in [2.05, 4.69) is 29.7 Å². The number of benzene rings is 2. The maximum atomic E-state index is 6.35. The van der Waals surface area contributed by atoms with Gasteiger partial charge < -0.3 is 0 Å². The molecule has 3 rings (SSSR count). The number of nitrogens with zero attached hydrogens (tertiary/aromatic N) is 2. The van der Waals surface area contributed by atoms with Crippen molar-refractivity contribution in [2.45, 2.75) is 26.1 Å². The standard InChI is InChI=1S/C17H16Cl2N2/c1-10-7-8-16-14(9-10)20-17(12(3)18)21(16)15-6-4-5-13(19)11(15)2/h4-9,12H,1-3H3. The second-order valence-corrected chi connectivity index (χ2v) is 6.36. The van der Waals surface area contributed by atoms with Crippen molar-refractivity contribution in [1.29, 1.82) is 0 Å². The first-order chi connectivity index (χ1) is 9.99. The van der Waals surface area contributed by atoms with Crippen LogP contribution >= 0.6 is 23.2 Å². The van der Waals surface area contributed by atoms with Crippen LogP contribution in [0.2, 0.25) is 5.02 Å². The van der Waals surface area contributed by atoms with Gasteiger partial charge in [-0.15, -0.1) is 11.6 Å². The lowest BCUT2D eigenvalue weighted by molar-refractivity contribution is 0.878. The molecule has 0 saturated heterocycles. The third kappa shape index (κ3) is 2.43. The molecule has 3 aromatic rings. The van der Waals surface area contributed by atoms with Gasteiger partial charge in [-0.25, -0.2) is 4.98 Å². The molecule has 1 unspecified atom stereocenters. The monoisotopic (exact) mass is 318 g/mol. The van der Waals surface area contributed by atoms with Gasteiger partial charge in [0.25, 0.3) is 0 Å². The second kappa shape index (κ2) is 5.36. The molecule has 0 amide bonds. The van der Waals surface area contributed by atoms with Crippen LogP contribution in [0.25, 0.3) is 16.7 Å². The fourth-order valence-electron chi connectivity index (χ4n) is 2.57. The summed E-state index contributed by atoms with van der Waals surface area (Å²) in [6, 6.07) is 12.1. The number of rotatable bonds is 2. The van der Waals surface area contributed by atoms with Crippen LogP contribution in [0.4, 0.5) is 0 Å². The summed E-state index contributed by atoms with van der Waals surface area (Å²) in [6.45, 7) is 6.01. The Balaban J connectivity index is 2.39. The van der Waals surface area contributed by atoms with Crippen molar-refractivity contribution in [3.8, 4) is 5.69 Å². The van der Waals surface area contributed by atoms with Crippen molar-refractivity contribution in [1.82, 2.24) is 9.55 Å². The van der Waals surface area contributed by atoms with Gasteiger partial charge >= 0.3 is 0 Å². The molecule has 21 heavy (non-hydrogen) atoms. The Morgan fingerprint density at radius 1 is 1.14 bits per heavy atom. The number of hydrogen-bond donors (Lipinski definition) is 0. The number of hydrogen-bond acceptors (Lipinski definition) is 1. The molecule has 0 radical (unpaired) electrons. The maximum Gasteiger partial charge on any atom is 0.132 e. The highest BCUT2D eigenvalue weighted by Gasteiger charge is 2.18. The lowest BCUT2D eigenvalue weighted by atomic mass is 10.1. The molecular formula is C17H16Cl2N2. The fourth-order valence-corrected chi connectivity index (χ4v) is 2.88. The van der Waals surface area contributed by atoms with E-state index in [1.54, 1.807) is 0 Å². The minimum absolute atomic E-state index is 0.184. The molecule has 1 aromatic heterocycles. The molecule has 1 atom stereocenters. The Hall–Kier alpha value is -1.51. The number of fused-ring (bicyclic) bond motifs is 1. The highest BCUT2D eigenvalue weighted by atomic mass is 35.5. The molecular weight excluding hydrogens is 303 g/mol. The second-order valence-electron chi connectivity index (χ2n) is 5.30. The molecule has 0 aliphatic carbocycles. The summed E-state index contributed by atoms with van der Waals surface area (Å²) in [7, 11) is 0. The lowest BCUT2D eigenvalue weighted by Crippen LogP contribution is -2.04. The van der Waals surface area contributed by atoms with Gasteiger partial charge in [-0.2, -0.15) is 0 Å². The van der Waals surface area contributed by atoms with Crippen molar-refractivity contribution < 1.29 is 0 Å². The molecule has 0 fully saturated rings. The summed E-state index contributed by atoms with van der Waals surface area (Å²) < 4.78 is 2.10. The van der Waals surface area contributed by atoms with E-state index in [1.807, 2.05) is 32.0 Å². The highest BCUT2D eigenvalue weighted by Crippen LogP contribution is 2.31. The van der Waals surface area contributed by atoms with E-state index in [0.29, 0.717) is 0 Å². The predicted molar refractivity (Wildman–Crippen MR) is 89.8 cm³/mol. The molecule has 2 aromatic carbocycles. The number of alkyl halides is 1. The minimum atomic E-state index is -0.184.